The van der Waals surface area contributed by atoms with Crippen LogP contribution in [-0.4, -0.2) is 10.8 Å². The molecule has 0 fully saturated rings. The Morgan fingerprint density at radius 2 is 1.82 bits per heavy atom. The van der Waals surface area contributed by atoms with Crippen LogP contribution in [-0.2, 0) is 0 Å². The van der Waals surface area contributed by atoms with E-state index in [9.17, 15) is 9.90 Å². The maximum atomic E-state index is 12.1. The average Bonchev–Trinajstić information content (AvgIpc) is 2.49. The van der Waals surface area contributed by atoms with Gasteiger partial charge in [0.2, 0.25) is 0 Å². The molecule has 0 bridgehead atoms. The van der Waals surface area contributed by atoms with Crippen molar-refractivity contribution in [1.29, 1.82) is 0 Å². The van der Waals surface area contributed by atoms with Crippen LogP contribution < -0.4 is 5.63 Å². The highest BCUT2D eigenvalue weighted by Gasteiger charge is 2.16. The van der Waals surface area contributed by atoms with Gasteiger partial charge in [-0.15, -0.1) is 0 Å². The smallest absolute Gasteiger partial charge is 0.349 e. The predicted octanol–water partition coefficient (Wildman–Crippen LogP) is 4.40. The minimum absolute atomic E-state index is 0.0848. The van der Waals surface area contributed by atoms with E-state index in [-0.39, 0.29) is 11.3 Å². The Hall–Kier alpha value is -2.40. The summed E-state index contributed by atoms with van der Waals surface area (Å²) >= 11 is 3.35. The molecule has 0 spiro atoms. The molecule has 2 aromatic carbocycles. The van der Waals surface area contributed by atoms with Gasteiger partial charge in [-0.2, -0.15) is 0 Å². The molecule has 1 N–H and O–H groups in total. The van der Waals surface area contributed by atoms with E-state index in [0.717, 1.165) is 4.47 Å². The summed E-state index contributed by atoms with van der Waals surface area (Å²) in [4.78, 5) is 16.5. The van der Waals surface area contributed by atoms with Crippen LogP contribution in [0.25, 0.3) is 11.0 Å². The monoisotopic (exact) mass is 357 g/mol. The highest BCUT2D eigenvalue weighted by molar-refractivity contribution is 9.10. The first-order valence-corrected chi connectivity index (χ1v) is 7.41. The first kappa shape index (κ1) is 14.5. The summed E-state index contributed by atoms with van der Waals surface area (Å²) in [6.07, 6.45) is 0. The second-order valence-corrected chi connectivity index (χ2v) is 5.70. The lowest BCUT2D eigenvalue weighted by Gasteiger charge is -2.06. The molecule has 5 heteroatoms. The third kappa shape index (κ3) is 2.67. The van der Waals surface area contributed by atoms with Crippen molar-refractivity contribution in [2.45, 2.75) is 6.92 Å². The molecular formula is C17H12BrNO3. The minimum Gasteiger partial charge on any atom is -0.506 e. The highest BCUT2D eigenvalue weighted by atomic mass is 79.9. The van der Waals surface area contributed by atoms with Crippen molar-refractivity contribution < 1.29 is 9.52 Å². The van der Waals surface area contributed by atoms with Crippen molar-refractivity contribution in [3.05, 3.63) is 69.0 Å². The second-order valence-electron chi connectivity index (χ2n) is 4.78. The quantitative estimate of drug-likeness (QED) is 0.546. The fourth-order valence-corrected chi connectivity index (χ4v) is 2.48. The van der Waals surface area contributed by atoms with Gasteiger partial charge in [-0.05, 0) is 43.3 Å². The number of aliphatic imine (C=N–C) groups is 1. The summed E-state index contributed by atoms with van der Waals surface area (Å²) in [5.41, 5.74) is 0.924. The number of para-hydroxylation sites is 1. The van der Waals surface area contributed by atoms with Gasteiger partial charge in [-0.3, -0.25) is 4.99 Å². The lowest BCUT2D eigenvalue weighted by Crippen LogP contribution is -2.12. The normalized spacial score (nSPS) is 11.8. The fourth-order valence-electron chi connectivity index (χ4n) is 2.22. The number of rotatable bonds is 2. The van der Waals surface area contributed by atoms with E-state index >= 15 is 0 Å². The van der Waals surface area contributed by atoms with Crippen LogP contribution in [0.5, 0.6) is 5.75 Å². The predicted molar refractivity (Wildman–Crippen MR) is 90.2 cm³/mol. The number of hydrogen-bond acceptors (Lipinski definition) is 4. The molecule has 1 aromatic heterocycles. The van der Waals surface area contributed by atoms with Crippen LogP contribution in [0.15, 0.2) is 67.2 Å². The molecule has 3 rings (SSSR count). The lowest BCUT2D eigenvalue weighted by atomic mass is 10.1. The number of aromatic hydroxyl groups is 1. The number of benzene rings is 2. The molecular weight excluding hydrogens is 346 g/mol. The Bertz CT molecular complexity index is 927. The van der Waals surface area contributed by atoms with E-state index in [1.165, 1.54) is 0 Å². The fraction of sp³-hybridized carbons (Fsp3) is 0.0588. The Balaban J connectivity index is 2.17. The van der Waals surface area contributed by atoms with Crippen LogP contribution in [0.2, 0.25) is 0 Å². The Kier molecular flexibility index (Phi) is 3.81. The molecule has 22 heavy (non-hydrogen) atoms. The van der Waals surface area contributed by atoms with Gasteiger partial charge < -0.3 is 9.52 Å². The molecule has 1 heterocycles. The molecule has 0 aliphatic heterocycles. The molecule has 0 unspecified atom stereocenters. The van der Waals surface area contributed by atoms with Crippen LogP contribution >= 0.6 is 15.9 Å². The molecule has 4 nitrogen and oxygen atoms in total. The Labute approximate surface area is 134 Å². The van der Waals surface area contributed by atoms with Gasteiger partial charge in [0.25, 0.3) is 0 Å². The van der Waals surface area contributed by atoms with E-state index < -0.39 is 5.63 Å². The maximum Gasteiger partial charge on any atom is 0.349 e. The number of halogens is 1. The molecule has 0 aliphatic carbocycles. The SMILES string of the molecule is CC(=Nc1ccc(Br)cc1)c1c(O)c2ccccc2oc1=O. The van der Waals surface area contributed by atoms with Crippen molar-refractivity contribution in [1.82, 2.24) is 0 Å². The molecule has 0 saturated carbocycles. The van der Waals surface area contributed by atoms with Gasteiger partial charge in [-0.1, -0.05) is 28.1 Å². The van der Waals surface area contributed by atoms with Gasteiger partial charge in [0, 0.05) is 4.47 Å². The summed E-state index contributed by atoms with van der Waals surface area (Å²) in [7, 11) is 0. The zero-order valence-corrected chi connectivity index (χ0v) is 13.3. The first-order chi connectivity index (χ1) is 10.6. The van der Waals surface area contributed by atoms with E-state index in [4.69, 9.17) is 4.42 Å². The molecule has 0 saturated heterocycles. The summed E-state index contributed by atoms with van der Waals surface area (Å²) < 4.78 is 6.19. The van der Waals surface area contributed by atoms with Gasteiger partial charge in [0.15, 0.2) is 0 Å². The van der Waals surface area contributed by atoms with Crippen LogP contribution in [0.4, 0.5) is 5.69 Å². The summed E-state index contributed by atoms with van der Waals surface area (Å²) in [5, 5.41) is 10.9. The topological polar surface area (TPSA) is 62.8 Å². The zero-order chi connectivity index (χ0) is 15.7. The zero-order valence-electron chi connectivity index (χ0n) is 11.7. The van der Waals surface area contributed by atoms with E-state index in [0.29, 0.717) is 22.4 Å². The summed E-state index contributed by atoms with van der Waals surface area (Å²) in [6, 6.07) is 14.2. The Morgan fingerprint density at radius 3 is 2.55 bits per heavy atom. The molecule has 0 aliphatic rings. The van der Waals surface area contributed by atoms with Gasteiger partial charge in [0.05, 0.1) is 16.8 Å². The average molecular weight is 358 g/mol. The number of hydrogen-bond donors (Lipinski definition) is 1. The van der Waals surface area contributed by atoms with Crippen LogP contribution in [0, 0.1) is 0 Å². The number of nitrogens with zero attached hydrogens (tertiary/aromatic N) is 1. The van der Waals surface area contributed by atoms with Crippen LogP contribution in [0.3, 0.4) is 0 Å². The molecule has 0 radical (unpaired) electrons. The van der Waals surface area contributed by atoms with Crippen molar-refractivity contribution in [3.8, 4) is 5.75 Å². The van der Waals surface area contributed by atoms with Gasteiger partial charge in [-0.25, -0.2) is 4.79 Å². The van der Waals surface area contributed by atoms with Crippen molar-refractivity contribution in [2.75, 3.05) is 0 Å². The van der Waals surface area contributed by atoms with Crippen LogP contribution in [0.1, 0.15) is 12.5 Å². The number of fused-ring (bicyclic) bond motifs is 1. The third-order valence-corrected chi connectivity index (χ3v) is 3.80. The maximum absolute atomic E-state index is 12.1. The summed E-state index contributed by atoms with van der Waals surface area (Å²) in [6.45, 7) is 1.67. The largest absolute Gasteiger partial charge is 0.506 e. The molecule has 0 amide bonds. The first-order valence-electron chi connectivity index (χ1n) is 6.62. The van der Waals surface area contributed by atoms with E-state index in [1.54, 1.807) is 31.2 Å². The molecule has 0 atom stereocenters. The molecule has 3 aromatic rings. The third-order valence-electron chi connectivity index (χ3n) is 3.27. The van der Waals surface area contributed by atoms with Crippen molar-refractivity contribution in [2.24, 2.45) is 4.99 Å². The summed E-state index contributed by atoms with van der Waals surface area (Å²) in [5.74, 6) is -0.106. The second kappa shape index (κ2) is 5.77. The van der Waals surface area contributed by atoms with Gasteiger partial charge >= 0.3 is 5.63 Å². The van der Waals surface area contributed by atoms with Crippen molar-refractivity contribution in [3.63, 3.8) is 0 Å². The lowest BCUT2D eigenvalue weighted by molar-refractivity contribution is 0.466. The van der Waals surface area contributed by atoms with E-state index in [1.807, 2.05) is 24.3 Å². The Morgan fingerprint density at radius 1 is 1.14 bits per heavy atom. The molecule has 110 valence electrons. The van der Waals surface area contributed by atoms with Crippen molar-refractivity contribution >= 4 is 38.3 Å². The standard InChI is InChI=1S/C17H12BrNO3/c1-10(19-12-8-6-11(18)7-9-12)15-16(20)13-4-2-3-5-14(13)22-17(15)21/h2-9,20H,1H3. The van der Waals surface area contributed by atoms with E-state index in [2.05, 4.69) is 20.9 Å². The van der Waals surface area contributed by atoms with Gasteiger partial charge in [0.1, 0.15) is 16.9 Å². The highest BCUT2D eigenvalue weighted by Crippen LogP contribution is 2.27. The minimum atomic E-state index is -0.602.